The third kappa shape index (κ3) is 6.18. The zero-order chi connectivity index (χ0) is 23.1. The Kier molecular flexibility index (Phi) is 8.02. The van der Waals surface area contributed by atoms with Gasteiger partial charge in [0, 0.05) is 10.7 Å². The molecule has 1 amide bonds. The predicted octanol–water partition coefficient (Wildman–Crippen LogP) is 6.74. The number of halogens is 3. The van der Waals surface area contributed by atoms with Gasteiger partial charge in [-0.2, -0.15) is 5.26 Å². The minimum Gasteiger partial charge on any atom is -0.493 e. The Morgan fingerprint density at radius 2 is 1.75 bits per heavy atom. The minimum atomic E-state index is -0.371. The fourth-order valence-electron chi connectivity index (χ4n) is 2.78. The van der Waals surface area contributed by atoms with Crippen LogP contribution in [0.15, 0.2) is 60.7 Å². The van der Waals surface area contributed by atoms with E-state index in [1.165, 1.54) is 7.11 Å². The summed E-state index contributed by atoms with van der Waals surface area (Å²) in [6.07, 6.45) is 1.73. The van der Waals surface area contributed by atoms with E-state index in [0.29, 0.717) is 37.8 Å². The number of rotatable bonds is 7. The number of methoxy groups -OCH3 is 1. The first-order valence-electron chi connectivity index (χ1n) is 9.33. The molecular weight excluding hydrogens is 471 g/mol. The second-order valence-electron chi connectivity index (χ2n) is 6.55. The van der Waals surface area contributed by atoms with Crippen LogP contribution in [0.3, 0.4) is 0 Å². The first-order chi connectivity index (χ1) is 15.4. The van der Waals surface area contributed by atoms with Crippen molar-refractivity contribution in [2.24, 2.45) is 0 Å². The second kappa shape index (κ2) is 10.9. The SMILES string of the molecule is COc1cc(/C=C(\C#N)c2ccc(Cl)cc2)ccc1OCC(=O)Nc1ccc(Cl)c(Cl)c1. The molecule has 3 aromatic rings. The van der Waals surface area contributed by atoms with Crippen molar-refractivity contribution in [3.05, 3.63) is 86.9 Å². The number of nitrogens with one attached hydrogen (secondary N) is 1. The van der Waals surface area contributed by atoms with Gasteiger partial charge in [-0.1, -0.05) is 53.0 Å². The number of nitriles is 1. The monoisotopic (exact) mass is 486 g/mol. The van der Waals surface area contributed by atoms with Gasteiger partial charge in [-0.15, -0.1) is 0 Å². The Bertz CT molecular complexity index is 1200. The largest absolute Gasteiger partial charge is 0.493 e. The second-order valence-corrected chi connectivity index (χ2v) is 7.80. The third-order valence-electron chi connectivity index (χ3n) is 4.34. The molecule has 0 unspecified atom stereocenters. The Hall–Kier alpha value is -3.17. The van der Waals surface area contributed by atoms with E-state index in [4.69, 9.17) is 44.3 Å². The van der Waals surface area contributed by atoms with E-state index in [-0.39, 0.29) is 12.5 Å². The summed E-state index contributed by atoms with van der Waals surface area (Å²) < 4.78 is 11.0. The van der Waals surface area contributed by atoms with Gasteiger partial charge < -0.3 is 14.8 Å². The molecule has 0 saturated carbocycles. The molecule has 0 atom stereocenters. The van der Waals surface area contributed by atoms with E-state index in [9.17, 15) is 10.1 Å². The summed E-state index contributed by atoms with van der Waals surface area (Å²) in [6, 6.07) is 19.1. The summed E-state index contributed by atoms with van der Waals surface area (Å²) in [5.74, 6) is 0.442. The van der Waals surface area contributed by atoms with Gasteiger partial charge in [-0.05, 0) is 59.7 Å². The summed E-state index contributed by atoms with van der Waals surface area (Å²) in [5, 5.41) is 13.5. The highest BCUT2D eigenvalue weighted by molar-refractivity contribution is 6.42. The molecule has 0 aliphatic carbocycles. The van der Waals surface area contributed by atoms with Crippen molar-refractivity contribution in [3.8, 4) is 17.6 Å². The number of allylic oxidation sites excluding steroid dienone is 1. The molecule has 0 radical (unpaired) electrons. The van der Waals surface area contributed by atoms with Crippen LogP contribution in [0.4, 0.5) is 5.69 Å². The van der Waals surface area contributed by atoms with Crippen LogP contribution in [-0.2, 0) is 4.79 Å². The average molecular weight is 488 g/mol. The van der Waals surface area contributed by atoms with Crippen molar-refractivity contribution in [1.29, 1.82) is 5.26 Å². The Balaban J connectivity index is 1.70. The number of carbonyl (C=O) groups is 1. The molecule has 3 rings (SSSR count). The molecule has 0 heterocycles. The van der Waals surface area contributed by atoms with Crippen molar-refractivity contribution in [3.63, 3.8) is 0 Å². The molecule has 1 N–H and O–H groups in total. The standard InChI is InChI=1S/C24H17Cl3N2O3/c1-31-23-11-15(10-17(13-28)16-3-5-18(25)6-4-16)2-9-22(23)32-14-24(30)29-19-7-8-20(26)21(27)12-19/h2-12H,14H2,1H3,(H,29,30)/b17-10+. The Morgan fingerprint density at radius 1 is 1.00 bits per heavy atom. The van der Waals surface area contributed by atoms with Crippen LogP contribution in [0.2, 0.25) is 15.1 Å². The summed E-state index contributed by atoms with van der Waals surface area (Å²) in [7, 11) is 1.50. The van der Waals surface area contributed by atoms with Crippen molar-refractivity contribution in [2.45, 2.75) is 0 Å². The number of amides is 1. The maximum absolute atomic E-state index is 12.2. The normalized spacial score (nSPS) is 10.9. The molecule has 0 bridgehead atoms. The first kappa shape index (κ1) is 23.5. The first-order valence-corrected chi connectivity index (χ1v) is 10.5. The van der Waals surface area contributed by atoms with Crippen LogP contribution in [0.5, 0.6) is 11.5 Å². The minimum absolute atomic E-state index is 0.236. The lowest BCUT2D eigenvalue weighted by Gasteiger charge is -2.12. The highest BCUT2D eigenvalue weighted by Gasteiger charge is 2.10. The molecule has 0 aromatic heterocycles. The van der Waals surface area contributed by atoms with Gasteiger partial charge >= 0.3 is 0 Å². The topological polar surface area (TPSA) is 71.3 Å². The third-order valence-corrected chi connectivity index (χ3v) is 5.33. The van der Waals surface area contributed by atoms with Crippen LogP contribution in [0.25, 0.3) is 11.6 Å². The molecule has 0 spiro atoms. The predicted molar refractivity (Wildman–Crippen MR) is 129 cm³/mol. The zero-order valence-corrected chi connectivity index (χ0v) is 19.1. The maximum atomic E-state index is 12.2. The summed E-state index contributed by atoms with van der Waals surface area (Å²) in [5.41, 5.74) is 2.46. The summed E-state index contributed by atoms with van der Waals surface area (Å²) >= 11 is 17.7. The lowest BCUT2D eigenvalue weighted by molar-refractivity contribution is -0.118. The van der Waals surface area contributed by atoms with Gasteiger partial charge in [0.25, 0.3) is 5.91 Å². The smallest absolute Gasteiger partial charge is 0.262 e. The molecule has 162 valence electrons. The van der Waals surface area contributed by atoms with Crippen molar-refractivity contribution >= 4 is 58.0 Å². The Morgan fingerprint density at radius 3 is 2.41 bits per heavy atom. The fourth-order valence-corrected chi connectivity index (χ4v) is 3.21. The van der Waals surface area contributed by atoms with Crippen LogP contribution < -0.4 is 14.8 Å². The molecule has 0 aliphatic rings. The number of carbonyl (C=O) groups excluding carboxylic acids is 1. The molecule has 32 heavy (non-hydrogen) atoms. The molecular formula is C24H17Cl3N2O3. The van der Waals surface area contributed by atoms with Gasteiger partial charge in [0.1, 0.15) is 0 Å². The number of hydrogen-bond acceptors (Lipinski definition) is 4. The highest BCUT2D eigenvalue weighted by Crippen LogP contribution is 2.30. The van der Waals surface area contributed by atoms with E-state index in [2.05, 4.69) is 11.4 Å². The highest BCUT2D eigenvalue weighted by atomic mass is 35.5. The Labute approximate surface area is 200 Å². The summed E-state index contributed by atoms with van der Waals surface area (Å²) in [4.78, 5) is 12.2. The van der Waals surface area contributed by atoms with Crippen molar-refractivity contribution < 1.29 is 14.3 Å². The number of nitrogens with zero attached hydrogens (tertiary/aromatic N) is 1. The average Bonchev–Trinajstić information content (AvgIpc) is 2.79. The van der Waals surface area contributed by atoms with Crippen LogP contribution in [-0.4, -0.2) is 19.6 Å². The van der Waals surface area contributed by atoms with Crippen LogP contribution >= 0.6 is 34.8 Å². The van der Waals surface area contributed by atoms with E-state index >= 15 is 0 Å². The number of benzene rings is 3. The molecule has 8 heteroatoms. The lowest BCUT2D eigenvalue weighted by Crippen LogP contribution is -2.20. The molecule has 0 saturated heterocycles. The van der Waals surface area contributed by atoms with E-state index in [0.717, 1.165) is 11.1 Å². The fraction of sp³-hybridized carbons (Fsp3) is 0.0833. The van der Waals surface area contributed by atoms with Crippen molar-refractivity contribution in [2.75, 3.05) is 19.0 Å². The van der Waals surface area contributed by atoms with Crippen LogP contribution in [0, 0.1) is 11.3 Å². The van der Waals surface area contributed by atoms with Gasteiger partial charge in [0.2, 0.25) is 0 Å². The molecule has 0 fully saturated rings. The van der Waals surface area contributed by atoms with Gasteiger partial charge in [-0.3, -0.25) is 4.79 Å². The van der Waals surface area contributed by atoms with E-state index in [1.807, 2.05) is 0 Å². The molecule has 0 aliphatic heterocycles. The summed E-state index contributed by atoms with van der Waals surface area (Å²) in [6.45, 7) is -0.236. The molecule has 3 aromatic carbocycles. The van der Waals surface area contributed by atoms with Gasteiger partial charge in [-0.25, -0.2) is 0 Å². The van der Waals surface area contributed by atoms with Gasteiger partial charge in [0.05, 0.1) is 28.8 Å². The zero-order valence-electron chi connectivity index (χ0n) is 16.9. The number of hydrogen-bond donors (Lipinski definition) is 1. The molecule has 5 nitrogen and oxygen atoms in total. The number of anilines is 1. The van der Waals surface area contributed by atoms with E-state index < -0.39 is 0 Å². The van der Waals surface area contributed by atoms with E-state index in [1.54, 1.807) is 66.7 Å². The van der Waals surface area contributed by atoms with Crippen LogP contribution in [0.1, 0.15) is 11.1 Å². The van der Waals surface area contributed by atoms with Crippen molar-refractivity contribution in [1.82, 2.24) is 0 Å². The quantitative estimate of drug-likeness (QED) is 0.296. The lowest BCUT2D eigenvalue weighted by atomic mass is 10.0. The van der Waals surface area contributed by atoms with Gasteiger partial charge in [0.15, 0.2) is 18.1 Å². The maximum Gasteiger partial charge on any atom is 0.262 e. The number of ether oxygens (including phenoxy) is 2.